The molecule has 0 saturated heterocycles. The molecule has 3 aliphatic heterocycles. The first-order valence-electron chi connectivity index (χ1n) is 14.3. The molecule has 1 N–H and O–H groups in total. The Kier molecular flexibility index (Phi) is 7.65. The van der Waals surface area contributed by atoms with E-state index in [-0.39, 0.29) is 29.7 Å². The van der Waals surface area contributed by atoms with E-state index in [1.54, 1.807) is 25.1 Å². The van der Waals surface area contributed by atoms with Gasteiger partial charge in [-0.25, -0.2) is 9.37 Å². The maximum absolute atomic E-state index is 14.7. The zero-order valence-electron chi connectivity index (χ0n) is 23.6. The fraction of sp³-hybridized carbons (Fsp3) is 0.303. The number of fused-ring (bicyclic) bond motifs is 7. The van der Waals surface area contributed by atoms with E-state index in [2.05, 4.69) is 10.3 Å². The molecule has 1 atom stereocenters. The van der Waals surface area contributed by atoms with Gasteiger partial charge in [0.25, 0.3) is 5.91 Å². The third-order valence-electron chi connectivity index (χ3n) is 7.62. The molecule has 4 aromatic rings. The van der Waals surface area contributed by atoms with Crippen LogP contribution in [0.15, 0.2) is 65.1 Å². The molecule has 1 aromatic heterocycles. The summed E-state index contributed by atoms with van der Waals surface area (Å²) in [7, 11) is 0. The highest BCUT2D eigenvalue weighted by Gasteiger charge is 2.35. The van der Waals surface area contributed by atoms with Crippen molar-refractivity contribution in [2.45, 2.75) is 45.6 Å². The van der Waals surface area contributed by atoms with E-state index in [1.807, 2.05) is 48.2 Å². The van der Waals surface area contributed by atoms with Crippen LogP contribution in [0.3, 0.4) is 0 Å². The number of rotatable bonds is 2. The molecule has 8 nitrogen and oxygen atoms in total. The molecule has 0 fully saturated rings. The van der Waals surface area contributed by atoms with Gasteiger partial charge < -0.3 is 24.1 Å². The predicted molar refractivity (Wildman–Crippen MR) is 153 cm³/mol. The summed E-state index contributed by atoms with van der Waals surface area (Å²) >= 11 is 0. The normalized spacial score (nSPS) is 16.9. The molecular formula is C33H32FN3O5. The smallest absolute Gasteiger partial charge is 0.292 e. The number of aromatic nitrogens is 1. The minimum Gasteiger partial charge on any atom is -0.494 e. The van der Waals surface area contributed by atoms with E-state index in [0.29, 0.717) is 67.6 Å². The lowest BCUT2D eigenvalue weighted by Crippen LogP contribution is -2.40. The van der Waals surface area contributed by atoms with Crippen molar-refractivity contribution in [3.63, 3.8) is 0 Å². The molecule has 3 aromatic carbocycles. The number of aryl methyl sites for hydroxylation is 2. The number of nitrogens with zero attached hydrogens (tertiary/aromatic N) is 2. The number of halogens is 1. The minimum absolute atomic E-state index is 0.0518. The van der Waals surface area contributed by atoms with Gasteiger partial charge in [-0.3, -0.25) is 9.59 Å². The lowest BCUT2D eigenvalue weighted by atomic mass is 9.87. The summed E-state index contributed by atoms with van der Waals surface area (Å²) in [5.74, 6) is 1.07. The molecule has 0 spiro atoms. The summed E-state index contributed by atoms with van der Waals surface area (Å²) in [6, 6.07) is 17.4. The lowest BCUT2D eigenvalue weighted by Gasteiger charge is -2.37. The molecular weight excluding hydrogens is 537 g/mol. The van der Waals surface area contributed by atoms with Gasteiger partial charge >= 0.3 is 0 Å². The van der Waals surface area contributed by atoms with Crippen LogP contribution >= 0.6 is 0 Å². The molecule has 1 unspecified atom stereocenters. The van der Waals surface area contributed by atoms with Crippen molar-refractivity contribution < 1.29 is 27.9 Å². The van der Waals surface area contributed by atoms with E-state index in [9.17, 15) is 14.0 Å². The average molecular weight is 570 g/mol. The highest BCUT2D eigenvalue weighted by molar-refractivity contribution is 5.93. The van der Waals surface area contributed by atoms with Crippen molar-refractivity contribution in [2.75, 3.05) is 19.7 Å². The summed E-state index contributed by atoms with van der Waals surface area (Å²) in [5, 5.41) is 2.89. The van der Waals surface area contributed by atoms with Crippen molar-refractivity contribution in [3.8, 4) is 17.2 Å². The zero-order valence-corrected chi connectivity index (χ0v) is 23.6. The molecule has 2 amide bonds. The molecule has 0 saturated carbocycles. The van der Waals surface area contributed by atoms with Crippen molar-refractivity contribution in [1.29, 1.82) is 0 Å². The van der Waals surface area contributed by atoms with Crippen LogP contribution in [0.2, 0.25) is 0 Å². The number of ether oxygens (including phenoxy) is 2. The van der Waals surface area contributed by atoms with Gasteiger partial charge in [0.1, 0.15) is 11.5 Å². The van der Waals surface area contributed by atoms with E-state index < -0.39 is 11.9 Å². The zero-order chi connectivity index (χ0) is 29.2. The summed E-state index contributed by atoms with van der Waals surface area (Å²) in [6.07, 6.45) is 1.88. The number of carbonyl (C=O) groups is 2. The van der Waals surface area contributed by atoms with Crippen LogP contribution in [0.4, 0.5) is 4.39 Å². The van der Waals surface area contributed by atoms with Gasteiger partial charge in [0.15, 0.2) is 17.5 Å². The second kappa shape index (κ2) is 11.7. The fourth-order valence-electron chi connectivity index (χ4n) is 5.55. The van der Waals surface area contributed by atoms with Gasteiger partial charge in [-0.05, 0) is 78.4 Å². The molecule has 4 heterocycles. The monoisotopic (exact) mass is 569 g/mol. The van der Waals surface area contributed by atoms with Crippen molar-refractivity contribution in [1.82, 2.24) is 15.2 Å². The Bertz CT molecular complexity index is 1650. The minimum atomic E-state index is -0.514. The van der Waals surface area contributed by atoms with Crippen LogP contribution in [0.25, 0.3) is 0 Å². The molecule has 0 radical (unpaired) electrons. The number of hydrogen-bond donors (Lipinski definition) is 1. The SMILES string of the molecule is CCc1nc(C)c(C(=O)N2CCc3cc4ccc3C2c2cccc(c2)OCCCNC(=O)Cc2ccc(F)c(c2)O4)o1. The third-order valence-corrected chi connectivity index (χ3v) is 7.62. The summed E-state index contributed by atoms with van der Waals surface area (Å²) in [6.45, 7) is 5.00. The molecule has 0 aliphatic carbocycles. The topological polar surface area (TPSA) is 93.9 Å². The molecule has 216 valence electrons. The Balaban J connectivity index is 1.42. The van der Waals surface area contributed by atoms with Crippen LogP contribution < -0.4 is 14.8 Å². The van der Waals surface area contributed by atoms with Crippen LogP contribution in [0.1, 0.15) is 63.8 Å². The van der Waals surface area contributed by atoms with E-state index >= 15 is 0 Å². The molecule has 3 aliphatic rings. The maximum atomic E-state index is 14.7. The third kappa shape index (κ3) is 5.59. The van der Waals surface area contributed by atoms with Crippen LogP contribution in [0, 0.1) is 12.7 Å². The van der Waals surface area contributed by atoms with Crippen molar-refractivity contribution in [3.05, 3.63) is 106 Å². The van der Waals surface area contributed by atoms with Crippen LogP contribution in [0.5, 0.6) is 17.2 Å². The van der Waals surface area contributed by atoms with Crippen molar-refractivity contribution in [2.24, 2.45) is 0 Å². The molecule has 42 heavy (non-hydrogen) atoms. The molecule has 7 rings (SSSR count). The van der Waals surface area contributed by atoms with Gasteiger partial charge in [0.05, 0.1) is 24.8 Å². The van der Waals surface area contributed by atoms with Crippen LogP contribution in [-0.4, -0.2) is 41.4 Å². The van der Waals surface area contributed by atoms with Gasteiger partial charge in [0, 0.05) is 19.5 Å². The number of nitrogens with one attached hydrogen (secondary N) is 1. The number of hydrogen-bond acceptors (Lipinski definition) is 6. The number of oxazole rings is 1. The Hall–Kier alpha value is -4.66. The first-order chi connectivity index (χ1) is 20.4. The van der Waals surface area contributed by atoms with Crippen LogP contribution in [-0.2, 0) is 24.1 Å². The van der Waals surface area contributed by atoms with E-state index in [0.717, 1.165) is 16.7 Å². The summed E-state index contributed by atoms with van der Waals surface area (Å²) in [5.41, 5.74) is 4.03. The van der Waals surface area contributed by atoms with Gasteiger partial charge in [-0.1, -0.05) is 31.2 Å². The molecule has 8 bridgehead atoms. The fourth-order valence-corrected chi connectivity index (χ4v) is 5.55. The summed E-state index contributed by atoms with van der Waals surface area (Å²) < 4.78 is 32.6. The number of benzene rings is 3. The van der Waals surface area contributed by atoms with Gasteiger partial charge in [0.2, 0.25) is 11.7 Å². The quantitative estimate of drug-likeness (QED) is 0.333. The summed E-state index contributed by atoms with van der Waals surface area (Å²) in [4.78, 5) is 32.7. The maximum Gasteiger partial charge on any atom is 0.292 e. The average Bonchev–Trinajstić information content (AvgIpc) is 3.38. The standard InChI is InChI=1S/C33H32FN3O5/c1-3-30-36-20(2)32(42-30)33(39)37-14-12-22-18-25-9-10-26(22)31(37)23-6-4-7-24(19-23)40-15-5-13-35-29(38)17-21-8-11-27(34)28(16-21)41-25/h4,6-11,16,18-19,31H,3,5,12-15,17H2,1-2H3,(H,35,38). The highest BCUT2D eigenvalue weighted by Crippen LogP contribution is 2.40. The predicted octanol–water partition coefficient (Wildman–Crippen LogP) is 5.71. The Morgan fingerprint density at radius 1 is 1.12 bits per heavy atom. The first kappa shape index (κ1) is 27.5. The number of carbonyl (C=O) groups excluding carboxylic acids is 2. The van der Waals surface area contributed by atoms with Gasteiger partial charge in [-0.2, -0.15) is 0 Å². The second-order valence-electron chi connectivity index (χ2n) is 10.6. The van der Waals surface area contributed by atoms with Gasteiger partial charge in [-0.15, -0.1) is 0 Å². The Labute approximate surface area is 243 Å². The molecule has 9 heteroatoms. The lowest BCUT2D eigenvalue weighted by molar-refractivity contribution is -0.120. The van der Waals surface area contributed by atoms with E-state index in [1.165, 1.54) is 6.07 Å². The highest BCUT2D eigenvalue weighted by atomic mass is 19.1. The van der Waals surface area contributed by atoms with Crippen molar-refractivity contribution >= 4 is 11.8 Å². The second-order valence-corrected chi connectivity index (χ2v) is 10.6. The number of amides is 2. The first-order valence-corrected chi connectivity index (χ1v) is 14.3. The Morgan fingerprint density at radius 3 is 2.83 bits per heavy atom. The Morgan fingerprint density at radius 2 is 2.00 bits per heavy atom. The largest absolute Gasteiger partial charge is 0.494 e. The van der Waals surface area contributed by atoms with E-state index in [4.69, 9.17) is 13.9 Å².